The largest absolute Gasteiger partial charge is 0.352 e. The van der Waals surface area contributed by atoms with Gasteiger partial charge in [0, 0.05) is 31.7 Å². The van der Waals surface area contributed by atoms with Crippen LogP contribution < -0.4 is 15.5 Å². The molecule has 0 spiro atoms. The Balaban J connectivity index is 1.31. The second-order valence-corrected chi connectivity index (χ2v) is 7.72. The van der Waals surface area contributed by atoms with E-state index in [2.05, 4.69) is 25.5 Å². The lowest BCUT2D eigenvalue weighted by molar-refractivity contribution is -0.125. The van der Waals surface area contributed by atoms with E-state index in [0.717, 1.165) is 37.2 Å². The Morgan fingerprint density at radius 3 is 2.53 bits per heavy atom. The minimum absolute atomic E-state index is 0.0226. The normalized spacial score (nSPS) is 14.4. The summed E-state index contributed by atoms with van der Waals surface area (Å²) in [7, 11) is 0. The molecule has 154 valence electrons. The molecule has 6 nitrogen and oxygen atoms in total. The Bertz CT molecular complexity index is 990. The van der Waals surface area contributed by atoms with Crippen LogP contribution in [0.25, 0.3) is 0 Å². The number of aromatic nitrogens is 2. The van der Waals surface area contributed by atoms with Gasteiger partial charge in [-0.2, -0.15) is 4.98 Å². The summed E-state index contributed by atoms with van der Waals surface area (Å²) in [5.41, 5.74) is 1.91. The van der Waals surface area contributed by atoms with Crippen molar-refractivity contribution in [2.24, 2.45) is 5.92 Å². The standard InChI is InChI=1S/C23H24ClN5O/c24-19-8-4-5-9-20(19)27-21-10-13-25-23(28-21)29-14-11-18(12-15-29)22(30)26-16-17-6-2-1-3-7-17/h1-10,13,18H,11-12,14-16H2,(H,26,30)(H,25,27,28). The molecule has 3 aromatic rings. The van der Waals surface area contributed by atoms with Crippen molar-refractivity contribution in [2.75, 3.05) is 23.3 Å². The molecule has 1 aliphatic heterocycles. The fourth-order valence-corrected chi connectivity index (χ4v) is 3.72. The first-order valence-corrected chi connectivity index (χ1v) is 10.5. The summed E-state index contributed by atoms with van der Waals surface area (Å²) >= 11 is 6.22. The molecule has 4 rings (SSSR count). The number of nitrogens with one attached hydrogen (secondary N) is 2. The Morgan fingerprint density at radius 1 is 1.03 bits per heavy atom. The van der Waals surface area contributed by atoms with Gasteiger partial charge in [0.25, 0.3) is 0 Å². The molecule has 0 radical (unpaired) electrons. The Labute approximate surface area is 181 Å². The zero-order chi connectivity index (χ0) is 20.8. The number of carbonyl (C=O) groups is 1. The zero-order valence-electron chi connectivity index (χ0n) is 16.6. The molecule has 1 saturated heterocycles. The van der Waals surface area contributed by atoms with E-state index in [9.17, 15) is 4.79 Å². The molecule has 1 fully saturated rings. The highest BCUT2D eigenvalue weighted by molar-refractivity contribution is 6.33. The van der Waals surface area contributed by atoms with Gasteiger partial charge in [-0.15, -0.1) is 0 Å². The lowest BCUT2D eigenvalue weighted by Crippen LogP contribution is -2.41. The van der Waals surface area contributed by atoms with E-state index < -0.39 is 0 Å². The number of para-hydroxylation sites is 1. The van der Waals surface area contributed by atoms with Crippen LogP contribution in [0.5, 0.6) is 0 Å². The Hall–Kier alpha value is -3.12. The van der Waals surface area contributed by atoms with Gasteiger partial charge in [-0.25, -0.2) is 4.98 Å². The highest BCUT2D eigenvalue weighted by Crippen LogP contribution is 2.26. The third kappa shape index (κ3) is 5.07. The summed E-state index contributed by atoms with van der Waals surface area (Å²) in [4.78, 5) is 23.7. The van der Waals surface area contributed by atoms with Crippen LogP contribution in [0.4, 0.5) is 17.5 Å². The van der Waals surface area contributed by atoms with Gasteiger partial charge in [0.2, 0.25) is 11.9 Å². The molecule has 0 atom stereocenters. The fourth-order valence-electron chi connectivity index (χ4n) is 3.54. The van der Waals surface area contributed by atoms with Crippen LogP contribution in [-0.4, -0.2) is 29.0 Å². The predicted molar refractivity (Wildman–Crippen MR) is 120 cm³/mol. The van der Waals surface area contributed by atoms with Gasteiger partial charge in [0.05, 0.1) is 10.7 Å². The highest BCUT2D eigenvalue weighted by Gasteiger charge is 2.26. The van der Waals surface area contributed by atoms with Gasteiger partial charge < -0.3 is 15.5 Å². The van der Waals surface area contributed by atoms with Crippen molar-refractivity contribution in [3.63, 3.8) is 0 Å². The van der Waals surface area contributed by atoms with Crippen molar-refractivity contribution in [2.45, 2.75) is 19.4 Å². The van der Waals surface area contributed by atoms with Gasteiger partial charge in [0.15, 0.2) is 0 Å². The van der Waals surface area contributed by atoms with E-state index in [1.807, 2.05) is 60.7 Å². The molecule has 2 heterocycles. The van der Waals surface area contributed by atoms with Crippen LogP contribution >= 0.6 is 11.6 Å². The molecule has 2 N–H and O–H groups in total. The highest BCUT2D eigenvalue weighted by atomic mass is 35.5. The average Bonchev–Trinajstić information content (AvgIpc) is 2.80. The average molecular weight is 422 g/mol. The number of hydrogen-bond donors (Lipinski definition) is 2. The maximum absolute atomic E-state index is 12.5. The van der Waals surface area contributed by atoms with Crippen LogP contribution in [0, 0.1) is 5.92 Å². The summed E-state index contributed by atoms with van der Waals surface area (Å²) in [5, 5.41) is 6.93. The van der Waals surface area contributed by atoms with Crippen molar-refractivity contribution in [1.82, 2.24) is 15.3 Å². The van der Waals surface area contributed by atoms with Crippen LogP contribution in [0.1, 0.15) is 18.4 Å². The SMILES string of the molecule is O=C(NCc1ccccc1)C1CCN(c2nccc(Nc3ccccc3Cl)n2)CC1. The maximum atomic E-state index is 12.5. The number of carbonyl (C=O) groups excluding carboxylic acids is 1. The minimum atomic E-state index is 0.0226. The molecular formula is C23H24ClN5O. The molecule has 1 aromatic heterocycles. The summed E-state index contributed by atoms with van der Waals surface area (Å²) in [6.45, 7) is 2.07. The molecule has 1 amide bonds. The topological polar surface area (TPSA) is 70.2 Å². The van der Waals surface area contributed by atoms with Crippen LogP contribution in [-0.2, 0) is 11.3 Å². The maximum Gasteiger partial charge on any atom is 0.227 e. The first-order valence-electron chi connectivity index (χ1n) is 10.1. The summed E-state index contributed by atoms with van der Waals surface area (Å²) in [6.07, 6.45) is 3.30. The second-order valence-electron chi connectivity index (χ2n) is 7.31. The Kier molecular flexibility index (Phi) is 6.44. The summed E-state index contributed by atoms with van der Waals surface area (Å²) < 4.78 is 0. The molecule has 7 heteroatoms. The molecule has 0 unspecified atom stereocenters. The van der Waals surface area contributed by atoms with Crippen LogP contribution in [0.2, 0.25) is 5.02 Å². The lowest BCUT2D eigenvalue weighted by atomic mass is 9.96. The number of anilines is 3. The fraction of sp³-hybridized carbons (Fsp3) is 0.261. The van der Waals surface area contributed by atoms with E-state index in [1.165, 1.54) is 0 Å². The zero-order valence-corrected chi connectivity index (χ0v) is 17.3. The molecule has 0 aliphatic carbocycles. The van der Waals surface area contributed by atoms with Gasteiger partial charge in [0.1, 0.15) is 5.82 Å². The van der Waals surface area contributed by atoms with Gasteiger partial charge in [-0.3, -0.25) is 4.79 Å². The quantitative estimate of drug-likeness (QED) is 0.617. The number of piperidine rings is 1. The van der Waals surface area contributed by atoms with Gasteiger partial charge in [-0.1, -0.05) is 54.1 Å². The number of amides is 1. The molecule has 2 aromatic carbocycles. The van der Waals surface area contributed by atoms with E-state index in [0.29, 0.717) is 23.3 Å². The molecular weight excluding hydrogens is 398 g/mol. The minimum Gasteiger partial charge on any atom is -0.352 e. The van der Waals surface area contributed by atoms with E-state index in [4.69, 9.17) is 11.6 Å². The number of nitrogens with zero attached hydrogens (tertiary/aromatic N) is 3. The van der Waals surface area contributed by atoms with Gasteiger partial charge in [-0.05, 0) is 36.6 Å². The monoisotopic (exact) mass is 421 g/mol. The van der Waals surface area contributed by atoms with E-state index >= 15 is 0 Å². The van der Waals surface area contributed by atoms with E-state index in [1.54, 1.807) is 6.20 Å². The van der Waals surface area contributed by atoms with Crippen molar-refractivity contribution < 1.29 is 4.79 Å². The first kappa shape index (κ1) is 20.2. The van der Waals surface area contributed by atoms with Crippen molar-refractivity contribution in [1.29, 1.82) is 0 Å². The third-order valence-corrected chi connectivity index (χ3v) is 5.57. The van der Waals surface area contributed by atoms with Crippen LogP contribution in [0.3, 0.4) is 0 Å². The van der Waals surface area contributed by atoms with Gasteiger partial charge >= 0.3 is 0 Å². The first-order chi connectivity index (χ1) is 14.7. The predicted octanol–water partition coefficient (Wildman–Crippen LogP) is 4.41. The molecule has 30 heavy (non-hydrogen) atoms. The number of halogens is 1. The third-order valence-electron chi connectivity index (χ3n) is 5.24. The molecule has 0 bridgehead atoms. The summed E-state index contributed by atoms with van der Waals surface area (Å²) in [6, 6.07) is 19.3. The van der Waals surface area contributed by atoms with E-state index in [-0.39, 0.29) is 11.8 Å². The second kappa shape index (κ2) is 9.59. The van der Waals surface area contributed by atoms with Crippen LogP contribution in [0.15, 0.2) is 66.9 Å². The number of rotatable bonds is 6. The molecule has 1 aliphatic rings. The number of hydrogen-bond acceptors (Lipinski definition) is 5. The summed E-state index contributed by atoms with van der Waals surface area (Å²) in [5.74, 6) is 1.49. The van der Waals surface area contributed by atoms with Crippen molar-refractivity contribution in [3.05, 3.63) is 77.4 Å². The smallest absolute Gasteiger partial charge is 0.227 e. The molecule has 0 saturated carbocycles. The van der Waals surface area contributed by atoms with Crippen molar-refractivity contribution >= 4 is 35.0 Å². The number of benzene rings is 2. The van der Waals surface area contributed by atoms with Crippen molar-refractivity contribution in [3.8, 4) is 0 Å². The lowest BCUT2D eigenvalue weighted by Gasteiger charge is -2.31. The Morgan fingerprint density at radius 2 is 1.77 bits per heavy atom.